The van der Waals surface area contributed by atoms with E-state index in [2.05, 4.69) is 25.2 Å². The molecule has 1 aromatic rings. The number of piperidine rings is 1. The summed E-state index contributed by atoms with van der Waals surface area (Å²) in [6.45, 7) is 5.31. The van der Waals surface area contributed by atoms with Crippen molar-refractivity contribution >= 4 is 0 Å². The Morgan fingerprint density at radius 1 is 1.28 bits per heavy atom. The van der Waals surface area contributed by atoms with Gasteiger partial charge >= 0.3 is 0 Å². The molecule has 1 nitrogen and oxygen atoms in total. The third-order valence-electron chi connectivity index (χ3n) is 4.16. The van der Waals surface area contributed by atoms with Crippen molar-refractivity contribution in [2.24, 2.45) is 0 Å². The first-order chi connectivity index (χ1) is 8.76. The van der Waals surface area contributed by atoms with Gasteiger partial charge in [0.05, 0.1) is 0 Å². The van der Waals surface area contributed by atoms with Gasteiger partial charge in [-0.15, -0.1) is 0 Å². The lowest BCUT2D eigenvalue weighted by Crippen LogP contribution is -2.26. The summed E-state index contributed by atoms with van der Waals surface area (Å²) in [5.74, 6) is 0.340. The average molecular weight is 249 g/mol. The van der Waals surface area contributed by atoms with Crippen molar-refractivity contribution in [1.29, 1.82) is 0 Å². The molecule has 1 N–H and O–H groups in total. The third kappa shape index (κ3) is 2.92. The van der Waals surface area contributed by atoms with Crippen LogP contribution in [0.4, 0.5) is 4.39 Å². The normalized spacial score (nSPS) is 20.3. The number of rotatable bonds is 4. The predicted molar refractivity (Wildman–Crippen MR) is 74.3 cm³/mol. The zero-order chi connectivity index (χ0) is 13.0. The molecule has 0 aromatic heterocycles. The molecular weight excluding hydrogens is 225 g/mol. The summed E-state index contributed by atoms with van der Waals surface area (Å²) in [4.78, 5) is 0. The highest BCUT2D eigenvalue weighted by molar-refractivity contribution is 5.29. The molecule has 1 saturated heterocycles. The fourth-order valence-electron chi connectivity index (χ4n) is 2.96. The van der Waals surface area contributed by atoms with E-state index in [9.17, 15) is 4.39 Å². The lowest BCUT2D eigenvalue weighted by Gasteiger charge is -2.24. The van der Waals surface area contributed by atoms with Crippen LogP contribution in [0.25, 0.3) is 0 Å². The van der Waals surface area contributed by atoms with Gasteiger partial charge in [-0.25, -0.2) is 4.39 Å². The molecule has 1 fully saturated rings. The monoisotopic (exact) mass is 249 g/mol. The highest BCUT2D eigenvalue weighted by atomic mass is 19.1. The Balaban J connectivity index is 2.18. The lowest BCUT2D eigenvalue weighted by molar-refractivity contribution is 0.410. The minimum Gasteiger partial charge on any atom is -0.310 e. The quantitative estimate of drug-likeness (QED) is 0.825. The summed E-state index contributed by atoms with van der Waals surface area (Å²) in [5, 5.41) is 3.47. The Hall–Kier alpha value is -0.890. The Kier molecular flexibility index (Phi) is 4.76. The van der Waals surface area contributed by atoms with Crippen molar-refractivity contribution in [2.75, 3.05) is 6.54 Å². The van der Waals surface area contributed by atoms with E-state index in [4.69, 9.17) is 0 Å². The molecule has 0 bridgehead atoms. The van der Waals surface area contributed by atoms with E-state index < -0.39 is 0 Å². The molecule has 0 saturated carbocycles. The van der Waals surface area contributed by atoms with Gasteiger partial charge in [-0.2, -0.15) is 0 Å². The van der Waals surface area contributed by atoms with Gasteiger partial charge in [0.15, 0.2) is 0 Å². The second-order valence-corrected chi connectivity index (χ2v) is 5.30. The Bertz CT molecular complexity index is 379. The van der Waals surface area contributed by atoms with Crippen LogP contribution in [0.1, 0.15) is 69.0 Å². The molecule has 0 aliphatic carbocycles. The molecule has 2 rings (SSSR count). The molecule has 2 heteroatoms. The highest BCUT2D eigenvalue weighted by Gasteiger charge is 2.18. The van der Waals surface area contributed by atoms with Crippen LogP contribution >= 0.6 is 0 Å². The number of halogens is 1. The number of nitrogens with one attached hydrogen (secondary N) is 1. The molecule has 1 unspecified atom stereocenters. The van der Waals surface area contributed by atoms with Gasteiger partial charge in [-0.05, 0) is 55.3 Å². The standard InChI is InChI=1S/C16H24FN/c1-3-12(4-2)14-9-8-13(11-15(14)17)16-7-5-6-10-18-16/h8-9,11-12,16,18H,3-7,10H2,1-2H3. The van der Waals surface area contributed by atoms with Crippen LogP contribution in [0.2, 0.25) is 0 Å². The van der Waals surface area contributed by atoms with Crippen molar-refractivity contribution in [3.05, 3.63) is 35.1 Å². The van der Waals surface area contributed by atoms with Crippen molar-refractivity contribution < 1.29 is 4.39 Å². The number of hydrogen-bond acceptors (Lipinski definition) is 1. The van der Waals surface area contributed by atoms with Gasteiger partial charge in [-0.1, -0.05) is 32.4 Å². The molecule has 100 valence electrons. The lowest BCUT2D eigenvalue weighted by atomic mass is 9.90. The maximum Gasteiger partial charge on any atom is 0.127 e. The SMILES string of the molecule is CCC(CC)c1ccc(C2CCCCN2)cc1F. The topological polar surface area (TPSA) is 12.0 Å². The Morgan fingerprint density at radius 3 is 2.61 bits per heavy atom. The highest BCUT2D eigenvalue weighted by Crippen LogP contribution is 2.29. The van der Waals surface area contributed by atoms with Crippen LogP contribution in [0.15, 0.2) is 18.2 Å². The van der Waals surface area contributed by atoms with Crippen molar-refractivity contribution in [3.63, 3.8) is 0 Å². The third-order valence-corrected chi connectivity index (χ3v) is 4.16. The summed E-state index contributed by atoms with van der Waals surface area (Å²) in [6, 6.07) is 6.21. The first-order valence-electron chi connectivity index (χ1n) is 7.29. The van der Waals surface area contributed by atoms with E-state index in [1.165, 1.54) is 12.8 Å². The van der Waals surface area contributed by atoms with E-state index in [0.29, 0.717) is 12.0 Å². The van der Waals surface area contributed by atoms with Gasteiger partial charge in [0.25, 0.3) is 0 Å². The average Bonchev–Trinajstić information content (AvgIpc) is 2.43. The van der Waals surface area contributed by atoms with Crippen LogP contribution in [-0.4, -0.2) is 6.54 Å². The molecule has 0 spiro atoms. The molecule has 1 heterocycles. The van der Waals surface area contributed by atoms with Gasteiger partial charge < -0.3 is 5.32 Å². The van der Waals surface area contributed by atoms with Crippen molar-refractivity contribution in [3.8, 4) is 0 Å². The summed E-state index contributed by atoms with van der Waals surface area (Å²) in [5.41, 5.74) is 2.00. The smallest absolute Gasteiger partial charge is 0.127 e. The summed E-state index contributed by atoms with van der Waals surface area (Å²) in [6.07, 6.45) is 5.63. The number of benzene rings is 1. The largest absolute Gasteiger partial charge is 0.310 e. The minimum atomic E-state index is -0.0198. The fraction of sp³-hybridized carbons (Fsp3) is 0.625. The van der Waals surface area contributed by atoms with E-state index in [1.807, 2.05) is 6.07 Å². The van der Waals surface area contributed by atoms with Crippen LogP contribution < -0.4 is 5.32 Å². The predicted octanol–water partition coefficient (Wildman–Crippen LogP) is 4.54. The first-order valence-corrected chi connectivity index (χ1v) is 7.29. The summed E-state index contributed by atoms with van der Waals surface area (Å²) in [7, 11) is 0. The summed E-state index contributed by atoms with van der Waals surface area (Å²) >= 11 is 0. The molecule has 1 aromatic carbocycles. The van der Waals surface area contributed by atoms with Crippen molar-refractivity contribution in [2.45, 2.75) is 57.9 Å². The van der Waals surface area contributed by atoms with Crippen LogP contribution in [0, 0.1) is 5.82 Å². The van der Waals surface area contributed by atoms with Crippen molar-refractivity contribution in [1.82, 2.24) is 5.32 Å². The molecule has 1 aliphatic heterocycles. The van der Waals surface area contributed by atoms with E-state index in [0.717, 1.165) is 36.9 Å². The second kappa shape index (κ2) is 6.33. The molecule has 18 heavy (non-hydrogen) atoms. The fourth-order valence-corrected chi connectivity index (χ4v) is 2.96. The zero-order valence-electron chi connectivity index (χ0n) is 11.5. The van der Waals surface area contributed by atoms with E-state index in [1.54, 1.807) is 6.07 Å². The van der Waals surface area contributed by atoms with Gasteiger partial charge in [0.1, 0.15) is 5.82 Å². The van der Waals surface area contributed by atoms with Crippen LogP contribution in [0.5, 0.6) is 0 Å². The Labute approximate surface area is 110 Å². The minimum absolute atomic E-state index is 0.0198. The molecule has 1 aliphatic rings. The summed E-state index contributed by atoms with van der Waals surface area (Å²) < 4.78 is 14.2. The molecular formula is C16H24FN. The molecule has 0 amide bonds. The molecule has 0 radical (unpaired) electrons. The number of hydrogen-bond donors (Lipinski definition) is 1. The van der Waals surface area contributed by atoms with E-state index >= 15 is 0 Å². The second-order valence-electron chi connectivity index (χ2n) is 5.30. The molecule has 1 atom stereocenters. The maximum atomic E-state index is 14.2. The van der Waals surface area contributed by atoms with Gasteiger partial charge in [0.2, 0.25) is 0 Å². The zero-order valence-corrected chi connectivity index (χ0v) is 11.5. The Morgan fingerprint density at radius 2 is 2.06 bits per heavy atom. The maximum absolute atomic E-state index is 14.2. The van der Waals surface area contributed by atoms with E-state index in [-0.39, 0.29) is 5.82 Å². The van der Waals surface area contributed by atoms with Gasteiger partial charge in [-0.3, -0.25) is 0 Å². The van der Waals surface area contributed by atoms with Gasteiger partial charge in [0, 0.05) is 6.04 Å². The first kappa shape index (κ1) is 13.5. The van der Waals surface area contributed by atoms with Crippen LogP contribution in [-0.2, 0) is 0 Å². The van der Waals surface area contributed by atoms with Crippen LogP contribution in [0.3, 0.4) is 0 Å².